The highest BCUT2D eigenvalue weighted by atomic mass is 35.5. The van der Waals surface area contributed by atoms with Crippen LogP contribution in [0.1, 0.15) is 30.9 Å². The van der Waals surface area contributed by atoms with E-state index in [0.717, 1.165) is 37.7 Å². The quantitative estimate of drug-likeness (QED) is 0.836. The molecule has 1 aliphatic rings. The largest absolute Gasteiger partial charge is 0.381 e. The van der Waals surface area contributed by atoms with E-state index in [2.05, 4.69) is 29.4 Å². The van der Waals surface area contributed by atoms with Crippen LogP contribution in [-0.4, -0.2) is 45.3 Å². The van der Waals surface area contributed by atoms with Gasteiger partial charge in [0.05, 0.1) is 6.61 Å². The van der Waals surface area contributed by atoms with Crippen molar-refractivity contribution in [1.29, 1.82) is 0 Å². The lowest BCUT2D eigenvalue weighted by Gasteiger charge is -2.28. The van der Waals surface area contributed by atoms with Gasteiger partial charge < -0.3 is 15.0 Å². The predicted molar refractivity (Wildman–Crippen MR) is 88.9 cm³/mol. The van der Waals surface area contributed by atoms with Crippen molar-refractivity contribution in [1.82, 2.24) is 10.2 Å². The van der Waals surface area contributed by atoms with E-state index in [0.29, 0.717) is 12.0 Å². The molecule has 1 aromatic carbocycles. The first-order chi connectivity index (χ1) is 10.2. The second-order valence-electron chi connectivity index (χ2n) is 6.03. The van der Waals surface area contributed by atoms with Crippen LogP contribution in [0.4, 0.5) is 0 Å². The Morgan fingerprint density at radius 3 is 2.76 bits per heavy atom. The Bertz CT molecular complexity index is 404. The molecule has 118 valence electrons. The molecule has 1 N–H and O–H groups in total. The molecule has 1 aromatic rings. The Labute approximate surface area is 133 Å². The van der Waals surface area contributed by atoms with Gasteiger partial charge in [0.15, 0.2) is 0 Å². The van der Waals surface area contributed by atoms with E-state index in [-0.39, 0.29) is 0 Å². The van der Waals surface area contributed by atoms with Crippen molar-refractivity contribution >= 4 is 11.6 Å². The van der Waals surface area contributed by atoms with Gasteiger partial charge in [0.2, 0.25) is 0 Å². The van der Waals surface area contributed by atoms with Gasteiger partial charge in [-0.3, -0.25) is 0 Å². The average molecular weight is 311 g/mol. The number of nitrogens with zero attached hydrogens (tertiary/aromatic N) is 1. The van der Waals surface area contributed by atoms with Crippen molar-refractivity contribution in [2.45, 2.75) is 25.3 Å². The zero-order valence-corrected chi connectivity index (χ0v) is 13.9. The smallest absolute Gasteiger partial charge is 0.0506 e. The Balaban J connectivity index is 1.77. The Morgan fingerprint density at radius 2 is 2.14 bits per heavy atom. The maximum atomic E-state index is 5.96. The van der Waals surface area contributed by atoms with Crippen LogP contribution in [0, 0.1) is 5.92 Å². The van der Waals surface area contributed by atoms with E-state index in [9.17, 15) is 0 Å². The summed E-state index contributed by atoms with van der Waals surface area (Å²) in [5.41, 5.74) is 1.30. The summed E-state index contributed by atoms with van der Waals surface area (Å²) < 4.78 is 5.56. The maximum Gasteiger partial charge on any atom is 0.0506 e. The highest BCUT2D eigenvalue weighted by Crippen LogP contribution is 2.20. The molecule has 3 nitrogen and oxygen atoms in total. The lowest BCUT2D eigenvalue weighted by atomic mass is 10.0. The lowest BCUT2D eigenvalue weighted by molar-refractivity contribution is 0.0416. The topological polar surface area (TPSA) is 24.5 Å². The van der Waals surface area contributed by atoms with Crippen molar-refractivity contribution < 1.29 is 4.74 Å². The minimum atomic E-state index is 0.382. The van der Waals surface area contributed by atoms with Gasteiger partial charge in [-0.1, -0.05) is 23.7 Å². The summed E-state index contributed by atoms with van der Waals surface area (Å²) in [6, 6.07) is 8.53. The monoisotopic (exact) mass is 310 g/mol. The van der Waals surface area contributed by atoms with Crippen molar-refractivity contribution in [2.24, 2.45) is 5.92 Å². The molecule has 0 saturated carbocycles. The molecular formula is C17H27ClN2O. The van der Waals surface area contributed by atoms with Crippen LogP contribution in [0.15, 0.2) is 24.3 Å². The molecule has 1 fully saturated rings. The summed E-state index contributed by atoms with van der Waals surface area (Å²) in [6.07, 6.45) is 3.61. The SMILES string of the molecule is CNC(CCN(C)CC1CCCOC1)c1ccc(Cl)cc1. The molecule has 0 aliphatic carbocycles. The number of nitrogens with one attached hydrogen (secondary N) is 1. The van der Waals surface area contributed by atoms with Gasteiger partial charge in [-0.05, 0) is 63.5 Å². The Morgan fingerprint density at radius 1 is 1.38 bits per heavy atom. The third-order valence-corrected chi connectivity index (χ3v) is 4.50. The van der Waals surface area contributed by atoms with Gasteiger partial charge in [-0.25, -0.2) is 0 Å². The molecule has 1 aliphatic heterocycles. The fraction of sp³-hybridized carbons (Fsp3) is 0.647. The Hall–Kier alpha value is -0.610. The standard InChI is InChI=1S/C17H27ClN2O/c1-19-17(15-5-7-16(18)8-6-15)9-10-20(2)12-14-4-3-11-21-13-14/h5-8,14,17,19H,3-4,9-13H2,1-2H3. The second-order valence-corrected chi connectivity index (χ2v) is 6.46. The number of halogens is 1. The summed E-state index contributed by atoms with van der Waals surface area (Å²) in [6.45, 7) is 4.09. The Kier molecular flexibility index (Phi) is 6.97. The van der Waals surface area contributed by atoms with Crippen molar-refractivity contribution in [3.05, 3.63) is 34.9 Å². The van der Waals surface area contributed by atoms with Crippen molar-refractivity contribution in [3.8, 4) is 0 Å². The van der Waals surface area contributed by atoms with Crippen LogP contribution in [0.5, 0.6) is 0 Å². The summed E-state index contributed by atoms with van der Waals surface area (Å²) in [5.74, 6) is 0.701. The normalized spacial score (nSPS) is 20.7. The van der Waals surface area contributed by atoms with E-state index in [1.54, 1.807) is 0 Å². The first-order valence-corrected chi connectivity index (χ1v) is 8.26. The van der Waals surface area contributed by atoms with E-state index in [1.807, 2.05) is 19.2 Å². The fourth-order valence-corrected chi connectivity index (χ4v) is 3.13. The molecule has 4 heteroatoms. The number of hydrogen-bond acceptors (Lipinski definition) is 3. The third-order valence-electron chi connectivity index (χ3n) is 4.24. The molecule has 2 atom stereocenters. The number of benzene rings is 1. The molecule has 2 rings (SSSR count). The zero-order chi connectivity index (χ0) is 15.1. The summed E-state index contributed by atoms with van der Waals surface area (Å²) >= 11 is 5.96. The first kappa shape index (κ1) is 16.8. The number of hydrogen-bond donors (Lipinski definition) is 1. The number of rotatable bonds is 7. The molecule has 0 aromatic heterocycles. The highest BCUT2D eigenvalue weighted by Gasteiger charge is 2.17. The molecule has 1 saturated heterocycles. The first-order valence-electron chi connectivity index (χ1n) is 7.88. The van der Waals surface area contributed by atoms with E-state index >= 15 is 0 Å². The fourth-order valence-electron chi connectivity index (χ4n) is 3.01. The van der Waals surface area contributed by atoms with Crippen LogP contribution in [0.25, 0.3) is 0 Å². The van der Waals surface area contributed by atoms with Crippen LogP contribution in [-0.2, 0) is 4.74 Å². The zero-order valence-electron chi connectivity index (χ0n) is 13.1. The maximum absolute atomic E-state index is 5.96. The highest BCUT2D eigenvalue weighted by molar-refractivity contribution is 6.30. The van der Waals surface area contributed by atoms with E-state index < -0.39 is 0 Å². The predicted octanol–water partition coefficient (Wildman–Crippen LogP) is 3.35. The number of ether oxygens (including phenoxy) is 1. The minimum absolute atomic E-state index is 0.382. The molecular weight excluding hydrogens is 284 g/mol. The van der Waals surface area contributed by atoms with E-state index in [4.69, 9.17) is 16.3 Å². The van der Waals surface area contributed by atoms with Gasteiger partial charge in [0.1, 0.15) is 0 Å². The summed E-state index contributed by atoms with van der Waals surface area (Å²) in [5, 5.41) is 4.20. The third kappa shape index (κ3) is 5.59. The van der Waals surface area contributed by atoms with E-state index in [1.165, 1.54) is 18.4 Å². The van der Waals surface area contributed by atoms with Gasteiger partial charge >= 0.3 is 0 Å². The van der Waals surface area contributed by atoms with Crippen LogP contribution >= 0.6 is 11.6 Å². The molecule has 0 bridgehead atoms. The molecule has 21 heavy (non-hydrogen) atoms. The molecule has 0 spiro atoms. The van der Waals surface area contributed by atoms with Gasteiger partial charge in [0.25, 0.3) is 0 Å². The van der Waals surface area contributed by atoms with Crippen LogP contribution < -0.4 is 5.32 Å². The minimum Gasteiger partial charge on any atom is -0.381 e. The van der Waals surface area contributed by atoms with Crippen LogP contribution in [0.2, 0.25) is 5.02 Å². The molecule has 2 unspecified atom stereocenters. The van der Waals surface area contributed by atoms with Gasteiger partial charge in [-0.2, -0.15) is 0 Å². The molecule has 0 radical (unpaired) electrons. The lowest BCUT2D eigenvalue weighted by Crippen LogP contribution is -2.33. The second kappa shape index (κ2) is 8.74. The average Bonchev–Trinajstić information content (AvgIpc) is 2.50. The van der Waals surface area contributed by atoms with Gasteiger partial charge in [-0.15, -0.1) is 0 Å². The van der Waals surface area contributed by atoms with Crippen molar-refractivity contribution in [3.63, 3.8) is 0 Å². The van der Waals surface area contributed by atoms with Crippen molar-refractivity contribution in [2.75, 3.05) is 40.4 Å². The summed E-state index contributed by atoms with van der Waals surface area (Å²) in [7, 11) is 4.23. The molecule has 0 amide bonds. The van der Waals surface area contributed by atoms with Gasteiger partial charge in [0, 0.05) is 24.2 Å². The molecule has 1 heterocycles. The van der Waals surface area contributed by atoms with Crippen LogP contribution in [0.3, 0.4) is 0 Å². The summed E-state index contributed by atoms with van der Waals surface area (Å²) in [4.78, 5) is 2.43.